The summed E-state index contributed by atoms with van der Waals surface area (Å²) in [4.78, 5) is 39.1. The third-order valence-corrected chi connectivity index (χ3v) is 5.57. The summed E-state index contributed by atoms with van der Waals surface area (Å²) in [6.07, 6.45) is 1.54. The Bertz CT molecular complexity index is 1270. The van der Waals surface area contributed by atoms with Crippen molar-refractivity contribution in [2.75, 3.05) is 11.5 Å². The molecular weight excluding hydrogens is 418 g/mol. The minimum Gasteiger partial charge on any atom is -0.494 e. The van der Waals surface area contributed by atoms with Gasteiger partial charge in [0.2, 0.25) is 0 Å². The molecule has 0 atom stereocenters. The summed E-state index contributed by atoms with van der Waals surface area (Å²) in [6.45, 7) is 8.32. The number of carbonyl (C=O) groups is 3. The van der Waals surface area contributed by atoms with Crippen molar-refractivity contribution in [1.29, 1.82) is 0 Å². The highest BCUT2D eigenvalue weighted by atomic mass is 16.5. The summed E-state index contributed by atoms with van der Waals surface area (Å²) >= 11 is 0. The number of nitrogens with one attached hydrogen (secondary N) is 1. The number of rotatable bonds is 5. The van der Waals surface area contributed by atoms with Crippen molar-refractivity contribution >= 4 is 29.6 Å². The average molecular weight is 444 g/mol. The van der Waals surface area contributed by atoms with Gasteiger partial charge in [-0.05, 0) is 81.8 Å². The quantitative estimate of drug-likeness (QED) is 0.466. The summed E-state index contributed by atoms with van der Waals surface area (Å²) in [5, 5.41) is 2.27. The Kier molecular flexibility index (Phi) is 5.87. The van der Waals surface area contributed by atoms with Gasteiger partial charge in [-0.3, -0.25) is 14.9 Å². The van der Waals surface area contributed by atoms with E-state index in [1.807, 2.05) is 62.6 Å². The molecule has 2 aromatic carbocycles. The topological polar surface area (TPSA) is 80.6 Å². The zero-order valence-corrected chi connectivity index (χ0v) is 19.0. The fourth-order valence-electron chi connectivity index (χ4n) is 3.93. The molecule has 0 radical (unpaired) electrons. The first-order valence-electron chi connectivity index (χ1n) is 10.7. The van der Waals surface area contributed by atoms with Crippen LogP contribution in [0.25, 0.3) is 11.8 Å². The minimum atomic E-state index is -0.758. The first kappa shape index (κ1) is 22.1. The lowest BCUT2D eigenvalue weighted by Crippen LogP contribution is -2.54. The van der Waals surface area contributed by atoms with Crippen LogP contribution in [0.5, 0.6) is 5.75 Å². The normalized spacial score (nSPS) is 15.2. The van der Waals surface area contributed by atoms with E-state index in [9.17, 15) is 14.4 Å². The fraction of sp³-hybridized carbons (Fsp3) is 0.192. The highest BCUT2D eigenvalue weighted by Gasteiger charge is 2.37. The number of ether oxygens (including phenoxy) is 1. The standard InChI is InChI=1S/C26H25N3O4/c1-5-33-22-12-10-20(11-13-22)28-17(3)14-19(18(28)4)15-23-24(30)27-26(32)29(25(23)31)21-8-6-16(2)7-9-21/h6-15H,5H2,1-4H3,(H,27,30,32)/b23-15+. The third kappa shape index (κ3) is 4.17. The molecule has 4 rings (SSSR count). The van der Waals surface area contributed by atoms with Crippen LogP contribution in [0.15, 0.2) is 60.2 Å². The van der Waals surface area contributed by atoms with Crippen molar-refractivity contribution in [2.45, 2.75) is 27.7 Å². The van der Waals surface area contributed by atoms with Crippen molar-refractivity contribution < 1.29 is 19.1 Å². The zero-order chi connectivity index (χ0) is 23.7. The van der Waals surface area contributed by atoms with Crippen molar-refractivity contribution in [3.05, 3.63) is 82.7 Å². The number of imide groups is 2. The van der Waals surface area contributed by atoms with Crippen LogP contribution in [0.1, 0.15) is 29.4 Å². The van der Waals surface area contributed by atoms with E-state index in [1.165, 1.54) is 0 Å². The van der Waals surface area contributed by atoms with Crippen molar-refractivity contribution in [3.8, 4) is 11.4 Å². The van der Waals surface area contributed by atoms with Crippen LogP contribution >= 0.6 is 0 Å². The van der Waals surface area contributed by atoms with E-state index in [0.29, 0.717) is 12.3 Å². The van der Waals surface area contributed by atoms with Gasteiger partial charge in [-0.1, -0.05) is 17.7 Å². The number of anilines is 1. The zero-order valence-electron chi connectivity index (χ0n) is 19.0. The Morgan fingerprint density at radius 1 is 0.909 bits per heavy atom. The van der Waals surface area contributed by atoms with Gasteiger partial charge in [0, 0.05) is 17.1 Å². The van der Waals surface area contributed by atoms with Gasteiger partial charge in [0.25, 0.3) is 11.8 Å². The second-order valence-corrected chi connectivity index (χ2v) is 7.88. The molecule has 1 aliphatic rings. The average Bonchev–Trinajstić information content (AvgIpc) is 3.06. The number of urea groups is 1. The van der Waals surface area contributed by atoms with Gasteiger partial charge in [0.05, 0.1) is 12.3 Å². The number of barbiturate groups is 1. The number of hydrogen-bond acceptors (Lipinski definition) is 4. The SMILES string of the molecule is CCOc1ccc(-n2c(C)cc(/C=C3\C(=O)NC(=O)N(c4ccc(C)cc4)C3=O)c2C)cc1. The Labute approximate surface area is 192 Å². The van der Waals surface area contributed by atoms with Gasteiger partial charge < -0.3 is 9.30 Å². The molecule has 1 N–H and O–H groups in total. The number of nitrogens with zero attached hydrogens (tertiary/aromatic N) is 2. The number of amides is 4. The molecule has 0 unspecified atom stereocenters. The summed E-state index contributed by atoms with van der Waals surface area (Å²) in [5.41, 5.74) is 4.77. The number of aryl methyl sites for hydroxylation is 2. The first-order chi connectivity index (χ1) is 15.8. The molecule has 1 fully saturated rings. The highest BCUT2D eigenvalue weighted by molar-refractivity contribution is 6.39. The van der Waals surface area contributed by atoms with E-state index in [0.717, 1.165) is 38.9 Å². The summed E-state index contributed by atoms with van der Waals surface area (Å²) < 4.78 is 7.55. The van der Waals surface area contributed by atoms with Crippen LogP contribution in [-0.2, 0) is 9.59 Å². The lowest BCUT2D eigenvalue weighted by atomic mass is 10.1. The molecule has 1 aromatic heterocycles. The van der Waals surface area contributed by atoms with Crippen molar-refractivity contribution in [3.63, 3.8) is 0 Å². The third-order valence-electron chi connectivity index (χ3n) is 5.57. The van der Waals surface area contributed by atoms with Gasteiger partial charge in [-0.15, -0.1) is 0 Å². The summed E-state index contributed by atoms with van der Waals surface area (Å²) in [7, 11) is 0. The molecule has 7 heteroatoms. The van der Waals surface area contributed by atoms with Crippen LogP contribution in [0.3, 0.4) is 0 Å². The Balaban J connectivity index is 1.71. The molecule has 7 nitrogen and oxygen atoms in total. The molecule has 33 heavy (non-hydrogen) atoms. The molecule has 168 valence electrons. The number of aromatic nitrogens is 1. The lowest BCUT2D eigenvalue weighted by molar-refractivity contribution is -0.122. The molecule has 0 aliphatic carbocycles. The van der Waals surface area contributed by atoms with Crippen molar-refractivity contribution in [2.24, 2.45) is 0 Å². The van der Waals surface area contributed by atoms with Crippen LogP contribution < -0.4 is 15.0 Å². The Hall–Kier alpha value is -4.13. The molecule has 1 aliphatic heterocycles. The van der Waals surface area contributed by atoms with E-state index in [-0.39, 0.29) is 5.57 Å². The maximum absolute atomic E-state index is 13.2. The Morgan fingerprint density at radius 3 is 2.18 bits per heavy atom. The van der Waals surface area contributed by atoms with Gasteiger partial charge >= 0.3 is 6.03 Å². The van der Waals surface area contributed by atoms with E-state index in [4.69, 9.17) is 4.74 Å². The molecule has 4 amide bonds. The van der Waals surface area contributed by atoms with E-state index < -0.39 is 17.8 Å². The molecule has 3 aromatic rings. The first-order valence-corrected chi connectivity index (χ1v) is 10.7. The fourth-order valence-corrected chi connectivity index (χ4v) is 3.93. The van der Waals surface area contributed by atoms with Gasteiger partial charge in [-0.2, -0.15) is 0 Å². The summed E-state index contributed by atoms with van der Waals surface area (Å²) in [6, 6.07) is 15.8. The highest BCUT2D eigenvalue weighted by Crippen LogP contribution is 2.27. The second-order valence-electron chi connectivity index (χ2n) is 7.88. The van der Waals surface area contributed by atoms with Gasteiger partial charge in [0.15, 0.2) is 0 Å². The molecule has 0 bridgehead atoms. The molecule has 0 spiro atoms. The van der Waals surface area contributed by atoms with E-state index >= 15 is 0 Å². The van der Waals surface area contributed by atoms with E-state index in [2.05, 4.69) is 5.32 Å². The van der Waals surface area contributed by atoms with Crippen LogP contribution in [0.4, 0.5) is 10.5 Å². The molecular formula is C26H25N3O4. The Morgan fingerprint density at radius 2 is 1.55 bits per heavy atom. The maximum Gasteiger partial charge on any atom is 0.335 e. The number of benzene rings is 2. The van der Waals surface area contributed by atoms with Crippen LogP contribution in [-0.4, -0.2) is 29.0 Å². The van der Waals surface area contributed by atoms with E-state index in [1.54, 1.807) is 30.3 Å². The van der Waals surface area contributed by atoms with Crippen LogP contribution in [0.2, 0.25) is 0 Å². The van der Waals surface area contributed by atoms with Gasteiger partial charge in [-0.25, -0.2) is 9.69 Å². The minimum absolute atomic E-state index is 0.0953. The predicted molar refractivity (Wildman–Crippen MR) is 127 cm³/mol. The summed E-state index contributed by atoms with van der Waals surface area (Å²) in [5.74, 6) is -0.575. The lowest BCUT2D eigenvalue weighted by Gasteiger charge is -2.26. The smallest absolute Gasteiger partial charge is 0.335 e. The second kappa shape index (κ2) is 8.78. The number of carbonyl (C=O) groups excluding carboxylic acids is 3. The molecule has 0 saturated carbocycles. The van der Waals surface area contributed by atoms with Gasteiger partial charge in [0.1, 0.15) is 11.3 Å². The maximum atomic E-state index is 13.2. The van der Waals surface area contributed by atoms with Crippen LogP contribution in [0, 0.1) is 20.8 Å². The number of hydrogen-bond donors (Lipinski definition) is 1. The molecule has 1 saturated heterocycles. The van der Waals surface area contributed by atoms with Crippen molar-refractivity contribution in [1.82, 2.24) is 9.88 Å². The monoisotopic (exact) mass is 443 g/mol. The largest absolute Gasteiger partial charge is 0.494 e. The molecule has 2 heterocycles. The predicted octanol–water partition coefficient (Wildman–Crippen LogP) is 4.47.